The Balaban J connectivity index is 1.52. The fraction of sp³-hybridized carbons (Fsp3) is 0.529. The predicted octanol–water partition coefficient (Wildman–Crippen LogP) is 1.34. The number of carbonyl (C=O) groups is 2. The van der Waals surface area contributed by atoms with E-state index in [1.165, 1.54) is 0 Å². The van der Waals surface area contributed by atoms with Gasteiger partial charge in [0.25, 0.3) is 0 Å². The first-order chi connectivity index (χ1) is 11.6. The topological polar surface area (TPSA) is 94.1 Å². The van der Waals surface area contributed by atoms with Gasteiger partial charge in [0.15, 0.2) is 11.5 Å². The smallest absolute Gasteiger partial charge is 0.304 e. The average molecular weight is 335 g/mol. The summed E-state index contributed by atoms with van der Waals surface area (Å²) in [7, 11) is 0. The number of rotatable bonds is 7. The van der Waals surface area contributed by atoms with Gasteiger partial charge < -0.3 is 24.6 Å². The molecule has 0 saturated carbocycles. The highest BCUT2D eigenvalue weighted by Gasteiger charge is 2.33. The lowest BCUT2D eigenvalue weighted by Crippen LogP contribution is -2.39. The molecule has 0 aromatic heterocycles. The number of hydrogen-bond acceptors (Lipinski definition) is 5. The molecule has 2 aliphatic rings. The highest BCUT2D eigenvalue weighted by atomic mass is 16.7. The van der Waals surface area contributed by atoms with Crippen LogP contribution >= 0.6 is 0 Å². The van der Waals surface area contributed by atoms with E-state index in [0.29, 0.717) is 25.3 Å². The summed E-state index contributed by atoms with van der Waals surface area (Å²) in [5.41, 5.74) is 1.02. The minimum absolute atomic E-state index is 0.208. The standard InChI is InChI=1S/C17H21NO6/c19-16(20)9-12(13-2-1-7-22-13)17(21)18-6-5-11-3-4-14-15(8-11)24-10-23-14/h3-4,8,12-13H,1-2,5-7,9-10H2,(H,18,21)(H,19,20)/t12-,13+/m1/s1. The van der Waals surface area contributed by atoms with Crippen molar-refractivity contribution in [2.75, 3.05) is 19.9 Å². The zero-order chi connectivity index (χ0) is 16.9. The van der Waals surface area contributed by atoms with Crippen molar-refractivity contribution in [1.82, 2.24) is 5.32 Å². The second-order valence-corrected chi connectivity index (χ2v) is 5.98. The predicted molar refractivity (Wildman–Crippen MR) is 84.0 cm³/mol. The van der Waals surface area contributed by atoms with Crippen LogP contribution in [0.4, 0.5) is 0 Å². The molecule has 7 nitrogen and oxygen atoms in total. The van der Waals surface area contributed by atoms with Gasteiger partial charge in [-0.25, -0.2) is 0 Å². The third-order valence-electron chi connectivity index (χ3n) is 4.29. The molecule has 1 fully saturated rings. The largest absolute Gasteiger partial charge is 0.481 e. The van der Waals surface area contributed by atoms with Gasteiger partial charge in [-0.3, -0.25) is 9.59 Å². The number of aliphatic carboxylic acids is 1. The fourth-order valence-corrected chi connectivity index (χ4v) is 3.06. The molecule has 0 aliphatic carbocycles. The SMILES string of the molecule is O=C(O)C[C@@H](C(=O)NCCc1ccc2c(c1)OCO2)[C@@H]1CCCO1. The van der Waals surface area contributed by atoms with Crippen LogP contribution in [0.25, 0.3) is 0 Å². The van der Waals surface area contributed by atoms with E-state index in [2.05, 4.69) is 5.32 Å². The van der Waals surface area contributed by atoms with Crippen molar-refractivity contribution in [1.29, 1.82) is 0 Å². The summed E-state index contributed by atoms with van der Waals surface area (Å²) in [6.45, 7) is 1.25. The number of hydrogen-bond donors (Lipinski definition) is 2. The lowest BCUT2D eigenvalue weighted by molar-refractivity contribution is -0.143. The Morgan fingerprint density at radius 3 is 2.88 bits per heavy atom. The number of carboxylic acid groups (broad SMARTS) is 1. The van der Waals surface area contributed by atoms with Crippen LogP contribution in [0.5, 0.6) is 11.5 Å². The second-order valence-electron chi connectivity index (χ2n) is 5.98. The van der Waals surface area contributed by atoms with Gasteiger partial charge in [-0.15, -0.1) is 0 Å². The summed E-state index contributed by atoms with van der Waals surface area (Å²) in [5.74, 6) is -0.446. The molecule has 1 aromatic carbocycles. The van der Waals surface area contributed by atoms with E-state index in [0.717, 1.165) is 24.2 Å². The number of benzene rings is 1. The molecular weight excluding hydrogens is 314 g/mol. The molecule has 1 amide bonds. The molecule has 1 aromatic rings. The van der Waals surface area contributed by atoms with E-state index in [1.807, 2.05) is 18.2 Å². The minimum atomic E-state index is -0.985. The van der Waals surface area contributed by atoms with Crippen LogP contribution in [0.2, 0.25) is 0 Å². The van der Waals surface area contributed by atoms with E-state index in [-0.39, 0.29) is 25.2 Å². The lowest BCUT2D eigenvalue weighted by Gasteiger charge is -2.20. The number of fused-ring (bicyclic) bond motifs is 1. The van der Waals surface area contributed by atoms with Gasteiger partial charge in [0.2, 0.25) is 12.7 Å². The van der Waals surface area contributed by atoms with Crippen LogP contribution in [0.1, 0.15) is 24.8 Å². The summed E-state index contributed by atoms with van der Waals surface area (Å²) >= 11 is 0. The van der Waals surface area contributed by atoms with E-state index in [4.69, 9.17) is 19.3 Å². The van der Waals surface area contributed by atoms with Crippen molar-refractivity contribution >= 4 is 11.9 Å². The van der Waals surface area contributed by atoms with Gasteiger partial charge in [0.1, 0.15) is 0 Å². The third kappa shape index (κ3) is 3.97. The zero-order valence-electron chi connectivity index (χ0n) is 13.3. The molecule has 0 radical (unpaired) electrons. The van der Waals surface area contributed by atoms with Crippen molar-refractivity contribution in [3.8, 4) is 11.5 Å². The van der Waals surface area contributed by atoms with Crippen LogP contribution in [0.3, 0.4) is 0 Å². The summed E-state index contributed by atoms with van der Waals surface area (Å²) in [4.78, 5) is 23.4. The van der Waals surface area contributed by atoms with Crippen LogP contribution in [0, 0.1) is 5.92 Å². The quantitative estimate of drug-likeness (QED) is 0.781. The summed E-state index contributed by atoms with van der Waals surface area (Å²) < 4.78 is 16.1. The minimum Gasteiger partial charge on any atom is -0.481 e. The first-order valence-electron chi connectivity index (χ1n) is 8.13. The van der Waals surface area contributed by atoms with Gasteiger partial charge in [-0.1, -0.05) is 6.07 Å². The Morgan fingerprint density at radius 1 is 1.29 bits per heavy atom. The molecule has 7 heteroatoms. The maximum atomic E-state index is 12.3. The van der Waals surface area contributed by atoms with Crippen LogP contribution in [-0.4, -0.2) is 43.0 Å². The van der Waals surface area contributed by atoms with Gasteiger partial charge in [-0.05, 0) is 37.0 Å². The molecular formula is C17H21NO6. The van der Waals surface area contributed by atoms with Crippen LogP contribution < -0.4 is 14.8 Å². The average Bonchev–Trinajstić information content (AvgIpc) is 3.23. The second kappa shape index (κ2) is 7.53. The highest BCUT2D eigenvalue weighted by Crippen LogP contribution is 2.32. The normalized spacial score (nSPS) is 19.9. The van der Waals surface area contributed by atoms with Gasteiger partial charge in [0.05, 0.1) is 18.4 Å². The maximum Gasteiger partial charge on any atom is 0.304 e. The van der Waals surface area contributed by atoms with E-state index >= 15 is 0 Å². The van der Waals surface area contributed by atoms with Crippen LogP contribution in [0.15, 0.2) is 18.2 Å². The van der Waals surface area contributed by atoms with Crippen molar-refractivity contribution in [2.24, 2.45) is 5.92 Å². The molecule has 2 heterocycles. The number of carboxylic acids is 1. The zero-order valence-corrected chi connectivity index (χ0v) is 13.3. The van der Waals surface area contributed by atoms with Crippen molar-refractivity contribution in [2.45, 2.75) is 31.8 Å². The van der Waals surface area contributed by atoms with E-state index in [1.54, 1.807) is 0 Å². The summed E-state index contributed by atoms with van der Waals surface area (Å²) in [6, 6.07) is 5.66. The lowest BCUT2D eigenvalue weighted by atomic mass is 9.95. The van der Waals surface area contributed by atoms with Crippen molar-refractivity contribution < 1.29 is 28.9 Å². The monoisotopic (exact) mass is 335 g/mol. The maximum absolute atomic E-state index is 12.3. The van der Waals surface area contributed by atoms with E-state index in [9.17, 15) is 9.59 Å². The van der Waals surface area contributed by atoms with Crippen LogP contribution in [-0.2, 0) is 20.7 Å². The Bertz CT molecular complexity index is 611. The molecule has 3 rings (SSSR count). The summed E-state index contributed by atoms with van der Waals surface area (Å²) in [5, 5.41) is 11.9. The molecule has 0 bridgehead atoms. The molecule has 2 aliphatic heterocycles. The van der Waals surface area contributed by atoms with Crippen molar-refractivity contribution in [3.05, 3.63) is 23.8 Å². The number of carbonyl (C=O) groups excluding carboxylic acids is 1. The number of ether oxygens (including phenoxy) is 3. The fourth-order valence-electron chi connectivity index (χ4n) is 3.06. The Labute approximate surface area is 139 Å². The first-order valence-corrected chi connectivity index (χ1v) is 8.13. The molecule has 24 heavy (non-hydrogen) atoms. The highest BCUT2D eigenvalue weighted by molar-refractivity contribution is 5.83. The molecule has 1 saturated heterocycles. The number of nitrogens with one attached hydrogen (secondary N) is 1. The number of amides is 1. The van der Waals surface area contributed by atoms with Gasteiger partial charge in [0, 0.05) is 13.2 Å². The molecule has 2 atom stereocenters. The molecule has 2 N–H and O–H groups in total. The first kappa shape index (κ1) is 16.6. The third-order valence-corrected chi connectivity index (χ3v) is 4.29. The Hall–Kier alpha value is -2.28. The Morgan fingerprint density at radius 2 is 2.12 bits per heavy atom. The molecule has 0 spiro atoms. The molecule has 130 valence electrons. The molecule has 0 unspecified atom stereocenters. The van der Waals surface area contributed by atoms with E-state index < -0.39 is 11.9 Å². The van der Waals surface area contributed by atoms with Crippen molar-refractivity contribution in [3.63, 3.8) is 0 Å². The Kier molecular flexibility index (Phi) is 5.20. The van der Waals surface area contributed by atoms with Gasteiger partial charge in [-0.2, -0.15) is 0 Å². The summed E-state index contributed by atoms with van der Waals surface area (Å²) in [6.07, 6.45) is 1.72. The van der Waals surface area contributed by atoms with Gasteiger partial charge >= 0.3 is 5.97 Å².